The number of alkyl halides is 5. The first kappa shape index (κ1) is 23.3. The van der Waals surface area contributed by atoms with Gasteiger partial charge in [0.2, 0.25) is 11.8 Å². The number of halogens is 6. The Morgan fingerprint density at radius 3 is 2.43 bits per heavy atom. The highest BCUT2D eigenvalue weighted by Crippen LogP contribution is 2.34. The Bertz CT molecular complexity index is 845. The molecule has 0 radical (unpaired) electrons. The lowest BCUT2D eigenvalue weighted by Crippen LogP contribution is -2.54. The predicted molar refractivity (Wildman–Crippen MR) is 90.2 cm³/mol. The van der Waals surface area contributed by atoms with Crippen molar-refractivity contribution < 1.29 is 45.5 Å². The van der Waals surface area contributed by atoms with Crippen molar-refractivity contribution in [3.8, 4) is 5.75 Å². The second-order valence-electron chi connectivity index (χ2n) is 6.55. The van der Waals surface area contributed by atoms with Gasteiger partial charge in [-0.05, 0) is 26.0 Å². The molecule has 3 atom stereocenters. The van der Waals surface area contributed by atoms with Crippen LogP contribution in [0.3, 0.4) is 0 Å². The summed E-state index contributed by atoms with van der Waals surface area (Å²) in [6, 6.07) is 2.36. The Hall–Kier alpha value is -2.99. The smallest absolute Gasteiger partial charge is 0.455 e. The maximum absolute atomic E-state index is 13.9. The Balaban J connectivity index is 2.03. The Morgan fingerprint density at radius 2 is 1.83 bits per heavy atom. The molecular weight excluding hydrogens is 424 g/mol. The molecule has 0 saturated heterocycles. The van der Waals surface area contributed by atoms with Crippen LogP contribution in [0.5, 0.6) is 5.75 Å². The lowest BCUT2D eigenvalue weighted by atomic mass is 10.1. The van der Waals surface area contributed by atoms with Crippen LogP contribution in [0, 0.1) is 11.7 Å². The molecule has 1 heterocycles. The molecule has 2 rings (SSSR count). The van der Waals surface area contributed by atoms with Gasteiger partial charge in [-0.3, -0.25) is 14.4 Å². The van der Waals surface area contributed by atoms with Gasteiger partial charge in [-0.2, -0.15) is 22.0 Å². The van der Waals surface area contributed by atoms with E-state index in [0.29, 0.717) is 0 Å². The fourth-order valence-corrected chi connectivity index (χ4v) is 2.44. The molecule has 0 spiro atoms. The van der Waals surface area contributed by atoms with Crippen molar-refractivity contribution in [3.63, 3.8) is 0 Å². The van der Waals surface area contributed by atoms with Gasteiger partial charge >= 0.3 is 12.1 Å². The first-order valence-corrected chi connectivity index (χ1v) is 8.53. The monoisotopic (exact) mass is 441 g/mol. The molecule has 1 aliphatic heterocycles. The number of para-hydroxylation sites is 1. The minimum atomic E-state index is -5.87. The number of hydrogen-bond donors (Lipinski definition) is 3. The molecule has 0 saturated carbocycles. The van der Waals surface area contributed by atoms with E-state index in [1.165, 1.54) is 24.4 Å². The summed E-state index contributed by atoms with van der Waals surface area (Å²) >= 11 is 0. The third kappa shape index (κ3) is 4.94. The normalized spacial score (nSPS) is 20.2. The number of carbonyl (C=O) groups is 3. The number of amides is 3. The van der Waals surface area contributed by atoms with Crippen molar-refractivity contribution in [2.45, 2.75) is 38.1 Å². The van der Waals surface area contributed by atoms with E-state index >= 15 is 0 Å². The number of ether oxygens (including phenoxy) is 1. The maximum atomic E-state index is 13.9. The zero-order valence-electron chi connectivity index (χ0n) is 15.6. The average molecular weight is 441 g/mol. The molecule has 0 bridgehead atoms. The number of benzene rings is 1. The number of rotatable bonds is 5. The molecule has 0 fully saturated rings. The second kappa shape index (κ2) is 8.40. The molecular formula is C17H17F6N3O4. The quantitative estimate of drug-likeness (QED) is 0.481. The van der Waals surface area contributed by atoms with Crippen LogP contribution in [0.4, 0.5) is 32.0 Å². The minimum Gasteiger partial charge on any atom is -0.486 e. The van der Waals surface area contributed by atoms with Gasteiger partial charge in [0.1, 0.15) is 29.5 Å². The van der Waals surface area contributed by atoms with Crippen LogP contribution in [-0.2, 0) is 14.4 Å². The van der Waals surface area contributed by atoms with Crippen LogP contribution >= 0.6 is 0 Å². The molecule has 166 valence electrons. The highest BCUT2D eigenvalue weighted by Gasteiger charge is 2.57. The lowest BCUT2D eigenvalue weighted by Gasteiger charge is -2.24. The van der Waals surface area contributed by atoms with Gasteiger partial charge in [0.25, 0.3) is 5.91 Å². The summed E-state index contributed by atoms with van der Waals surface area (Å²) in [5, 5.41) is 5.73. The summed E-state index contributed by atoms with van der Waals surface area (Å²) in [6.45, 7) is 0.273. The van der Waals surface area contributed by atoms with E-state index < -0.39 is 60.2 Å². The summed E-state index contributed by atoms with van der Waals surface area (Å²) in [5.41, 5.74) is -0.258. The molecule has 3 amide bonds. The molecule has 1 aliphatic rings. The number of fused-ring (bicyclic) bond motifs is 1. The van der Waals surface area contributed by atoms with Gasteiger partial charge in [0, 0.05) is 0 Å². The third-order valence-electron chi connectivity index (χ3n) is 4.27. The third-order valence-corrected chi connectivity index (χ3v) is 4.27. The number of anilines is 1. The second-order valence-corrected chi connectivity index (χ2v) is 6.55. The number of nitrogens with one attached hydrogen (secondary N) is 3. The highest BCUT2D eigenvalue weighted by atomic mass is 19.4. The van der Waals surface area contributed by atoms with Crippen LogP contribution in [0.1, 0.15) is 13.8 Å². The number of carbonyl (C=O) groups excluding carboxylic acids is 3. The first-order valence-electron chi connectivity index (χ1n) is 8.53. The summed E-state index contributed by atoms with van der Waals surface area (Å²) in [5.74, 6) is -11.1. The van der Waals surface area contributed by atoms with Crippen molar-refractivity contribution in [2.24, 2.45) is 5.92 Å². The fraction of sp³-hybridized carbons (Fsp3) is 0.471. The van der Waals surface area contributed by atoms with Crippen molar-refractivity contribution in [3.05, 3.63) is 24.0 Å². The number of hydrogen-bond acceptors (Lipinski definition) is 4. The van der Waals surface area contributed by atoms with Gasteiger partial charge in [-0.1, -0.05) is 6.07 Å². The average Bonchev–Trinajstić information content (AvgIpc) is 2.76. The molecule has 30 heavy (non-hydrogen) atoms. The minimum absolute atomic E-state index is 0.00669. The Kier molecular flexibility index (Phi) is 6.52. The molecule has 1 aromatic rings. The van der Waals surface area contributed by atoms with E-state index in [0.717, 1.165) is 13.0 Å². The van der Waals surface area contributed by atoms with E-state index in [1.54, 1.807) is 0 Å². The van der Waals surface area contributed by atoms with E-state index in [4.69, 9.17) is 4.74 Å². The van der Waals surface area contributed by atoms with E-state index in [9.17, 15) is 40.7 Å². The molecule has 1 aromatic carbocycles. The molecule has 3 unspecified atom stereocenters. The predicted octanol–water partition coefficient (Wildman–Crippen LogP) is 1.98. The maximum Gasteiger partial charge on any atom is 0.455 e. The van der Waals surface area contributed by atoms with Crippen molar-refractivity contribution in [1.82, 2.24) is 10.6 Å². The largest absolute Gasteiger partial charge is 0.486 e. The van der Waals surface area contributed by atoms with Gasteiger partial charge in [0.05, 0.1) is 6.54 Å². The van der Waals surface area contributed by atoms with E-state index in [1.807, 2.05) is 0 Å². The van der Waals surface area contributed by atoms with Gasteiger partial charge in [0.15, 0.2) is 5.82 Å². The fourth-order valence-electron chi connectivity index (χ4n) is 2.44. The van der Waals surface area contributed by atoms with Crippen molar-refractivity contribution in [2.75, 3.05) is 11.9 Å². The lowest BCUT2D eigenvalue weighted by molar-refractivity contribution is -0.278. The van der Waals surface area contributed by atoms with Crippen molar-refractivity contribution >= 4 is 23.4 Å². The molecule has 7 nitrogen and oxygen atoms in total. The summed E-state index contributed by atoms with van der Waals surface area (Å²) in [4.78, 5) is 36.4. The van der Waals surface area contributed by atoms with E-state index in [-0.39, 0.29) is 11.4 Å². The topological polar surface area (TPSA) is 96.5 Å². The first-order chi connectivity index (χ1) is 13.7. The van der Waals surface area contributed by atoms with E-state index in [2.05, 4.69) is 10.6 Å². The molecule has 0 aliphatic carbocycles. The Morgan fingerprint density at radius 1 is 1.20 bits per heavy atom. The molecule has 0 aromatic heterocycles. The van der Waals surface area contributed by atoms with Gasteiger partial charge < -0.3 is 20.7 Å². The summed E-state index contributed by atoms with van der Waals surface area (Å²) in [7, 11) is 0. The van der Waals surface area contributed by atoms with Gasteiger partial charge in [-0.15, -0.1) is 0 Å². The zero-order chi connectivity index (χ0) is 22.9. The summed E-state index contributed by atoms with van der Waals surface area (Å²) in [6.07, 6.45) is -6.90. The van der Waals surface area contributed by atoms with Crippen LogP contribution < -0.4 is 20.7 Å². The van der Waals surface area contributed by atoms with Crippen molar-refractivity contribution in [1.29, 1.82) is 0 Å². The zero-order valence-corrected chi connectivity index (χ0v) is 15.6. The highest BCUT2D eigenvalue weighted by molar-refractivity contribution is 6.04. The van der Waals surface area contributed by atoms with Crippen LogP contribution in [0.2, 0.25) is 0 Å². The molecule has 13 heteroatoms. The SMILES string of the molecule is CC(C(=O)NCC(F)(F)C(F)(F)F)C(=O)NC1C(=O)Nc2c(F)cccc2OC1C. The Labute approximate surface area is 166 Å². The van der Waals surface area contributed by atoms with Gasteiger partial charge in [-0.25, -0.2) is 4.39 Å². The standard InChI is InChI=1S/C17H17F6N3O4/c1-7(13(27)24-6-16(19,20)17(21,22)23)14(28)25-11-8(2)30-10-5-3-4-9(18)12(10)26-15(11)29/h3-5,7-8,11H,6H2,1-2H3,(H,24,27)(H,25,28)(H,26,29). The van der Waals surface area contributed by atoms with Crippen LogP contribution in [0.25, 0.3) is 0 Å². The summed E-state index contributed by atoms with van der Waals surface area (Å²) < 4.78 is 81.5. The van der Waals surface area contributed by atoms with Crippen LogP contribution in [-0.4, -0.2) is 48.5 Å². The van der Waals surface area contributed by atoms with Crippen LogP contribution in [0.15, 0.2) is 18.2 Å². The molecule has 3 N–H and O–H groups in total.